The molecule has 82 valence electrons. The molecule has 0 saturated heterocycles. The van der Waals surface area contributed by atoms with E-state index in [0.29, 0.717) is 10.1 Å². The van der Waals surface area contributed by atoms with Gasteiger partial charge in [0.25, 0.3) is 0 Å². The average Bonchev–Trinajstić information content (AvgIpc) is 2.49. The zero-order chi connectivity index (χ0) is 11.4. The molecule has 1 rings (SSSR count). The van der Waals surface area contributed by atoms with Crippen LogP contribution in [0.3, 0.4) is 0 Å². The molecule has 0 fully saturated rings. The van der Waals surface area contributed by atoms with Crippen LogP contribution >= 0.6 is 11.3 Å². The van der Waals surface area contributed by atoms with E-state index in [1.807, 2.05) is 0 Å². The third kappa shape index (κ3) is 3.50. The lowest BCUT2D eigenvalue weighted by atomic mass is 10.2. The summed E-state index contributed by atoms with van der Waals surface area (Å²) >= 11 is 1.17. The van der Waals surface area contributed by atoms with E-state index in [0.717, 1.165) is 0 Å². The van der Waals surface area contributed by atoms with Gasteiger partial charge in [0.2, 0.25) is 5.13 Å². The van der Waals surface area contributed by atoms with Gasteiger partial charge in [0, 0.05) is 0 Å². The lowest BCUT2D eigenvalue weighted by Gasteiger charge is -2.09. The summed E-state index contributed by atoms with van der Waals surface area (Å²) in [4.78, 5) is 21.1. The quantitative estimate of drug-likeness (QED) is 0.662. The molecule has 1 unspecified atom stereocenters. The molecule has 1 aromatic rings. The Kier molecular flexibility index (Phi) is 3.56. The highest BCUT2D eigenvalue weighted by molar-refractivity contribution is 7.15. The van der Waals surface area contributed by atoms with E-state index in [9.17, 15) is 9.59 Å². The van der Waals surface area contributed by atoms with Crippen molar-refractivity contribution in [2.75, 3.05) is 5.32 Å². The third-order valence-electron chi connectivity index (χ3n) is 1.50. The van der Waals surface area contributed by atoms with Crippen LogP contribution < -0.4 is 5.32 Å². The minimum absolute atomic E-state index is 0.307. The van der Waals surface area contributed by atoms with Gasteiger partial charge in [-0.2, -0.15) is 0 Å². The van der Waals surface area contributed by atoms with Crippen LogP contribution in [0, 0.1) is 6.92 Å². The normalized spacial score (nSPS) is 12.1. The monoisotopic (exact) mass is 231 g/mol. The standard InChI is InChI=1S/C7H9N3O4S/c1-3-9-10-7(15-3)8-4(6(13)14)2-5(11)12/h4H,2H2,1H3,(H,8,10)(H,11,12)(H,13,14). The van der Waals surface area contributed by atoms with Gasteiger partial charge in [0.1, 0.15) is 11.0 Å². The molecule has 15 heavy (non-hydrogen) atoms. The Morgan fingerprint density at radius 2 is 2.13 bits per heavy atom. The Bertz CT molecular complexity index is 378. The average molecular weight is 231 g/mol. The summed E-state index contributed by atoms with van der Waals surface area (Å²) < 4.78 is 0. The number of nitrogens with one attached hydrogen (secondary N) is 1. The first-order valence-corrected chi connectivity index (χ1v) is 4.82. The first-order chi connectivity index (χ1) is 6.99. The van der Waals surface area contributed by atoms with E-state index < -0.39 is 24.4 Å². The van der Waals surface area contributed by atoms with Gasteiger partial charge >= 0.3 is 11.9 Å². The van der Waals surface area contributed by atoms with Crippen molar-refractivity contribution in [3.63, 3.8) is 0 Å². The highest BCUT2D eigenvalue weighted by Gasteiger charge is 2.21. The summed E-state index contributed by atoms with van der Waals surface area (Å²) in [6.45, 7) is 1.72. The largest absolute Gasteiger partial charge is 0.481 e. The molecule has 0 radical (unpaired) electrons. The second kappa shape index (κ2) is 4.69. The third-order valence-corrected chi connectivity index (χ3v) is 2.27. The zero-order valence-corrected chi connectivity index (χ0v) is 8.61. The smallest absolute Gasteiger partial charge is 0.326 e. The van der Waals surface area contributed by atoms with E-state index in [2.05, 4.69) is 15.5 Å². The second-order valence-electron chi connectivity index (χ2n) is 2.76. The van der Waals surface area contributed by atoms with Crippen molar-refractivity contribution < 1.29 is 19.8 Å². The van der Waals surface area contributed by atoms with Crippen molar-refractivity contribution in [2.45, 2.75) is 19.4 Å². The number of nitrogens with zero attached hydrogens (tertiary/aromatic N) is 2. The van der Waals surface area contributed by atoms with Crippen LogP contribution in [0.25, 0.3) is 0 Å². The van der Waals surface area contributed by atoms with Crippen LogP contribution in [-0.2, 0) is 9.59 Å². The molecule has 1 aromatic heterocycles. The van der Waals surface area contributed by atoms with Gasteiger partial charge in [-0.3, -0.25) is 4.79 Å². The van der Waals surface area contributed by atoms with Crippen molar-refractivity contribution >= 4 is 28.4 Å². The van der Waals surface area contributed by atoms with E-state index in [-0.39, 0.29) is 0 Å². The highest BCUT2D eigenvalue weighted by Crippen LogP contribution is 2.15. The number of carboxylic acid groups (broad SMARTS) is 2. The maximum Gasteiger partial charge on any atom is 0.326 e. The Labute approximate surface area is 88.8 Å². The van der Waals surface area contributed by atoms with Crippen LogP contribution in [-0.4, -0.2) is 38.4 Å². The van der Waals surface area contributed by atoms with Gasteiger partial charge < -0.3 is 15.5 Å². The maximum atomic E-state index is 10.7. The maximum absolute atomic E-state index is 10.7. The van der Waals surface area contributed by atoms with E-state index in [1.165, 1.54) is 11.3 Å². The Morgan fingerprint density at radius 1 is 1.47 bits per heavy atom. The fraction of sp³-hybridized carbons (Fsp3) is 0.429. The van der Waals surface area contributed by atoms with Crippen molar-refractivity contribution in [3.05, 3.63) is 5.01 Å². The summed E-state index contributed by atoms with van der Waals surface area (Å²) in [5.41, 5.74) is 0. The lowest BCUT2D eigenvalue weighted by Crippen LogP contribution is -2.31. The highest BCUT2D eigenvalue weighted by atomic mass is 32.1. The molecule has 3 N–H and O–H groups in total. The number of hydrogen-bond donors (Lipinski definition) is 3. The van der Waals surface area contributed by atoms with E-state index in [4.69, 9.17) is 10.2 Å². The minimum atomic E-state index is -1.23. The Balaban J connectivity index is 2.66. The molecule has 0 aromatic carbocycles. The molecular weight excluding hydrogens is 222 g/mol. The number of rotatable bonds is 5. The molecule has 0 amide bonds. The Morgan fingerprint density at radius 3 is 2.53 bits per heavy atom. The van der Waals surface area contributed by atoms with Crippen molar-refractivity contribution in [1.82, 2.24) is 10.2 Å². The number of aliphatic carboxylic acids is 2. The van der Waals surface area contributed by atoms with Crippen LogP contribution in [0.1, 0.15) is 11.4 Å². The molecular formula is C7H9N3O4S. The number of hydrogen-bond acceptors (Lipinski definition) is 6. The number of aromatic nitrogens is 2. The molecule has 0 spiro atoms. The first kappa shape index (κ1) is 11.4. The molecule has 0 bridgehead atoms. The summed E-state index contributed by atoms with van der Waals surface area (Å²) in [5.74, 6) is -2.42. The van der Waals surface area contributed by atoms with Gasteiger partial charge in [-0.05, 0) is 6.92 Å². The minimum Gasteiger partial charge on any atom is -0.481 e. The Hall–Kier alpha value is -1.70. The summed E-state index contributed by atoms with van der Waals surface area (Å²) in [6, 6.07) is -1.19. The molecule has 8 heteroatoms. The fourth-order valence-corrected chi connectivity index (χ4v) is 1.52. The van der Waals surface area contributed by atoms with Gasteiger partial charge in [-0.15, -0.1) is 10.2 Å². The molecule has 0 aliphatic carbocycles. The van der Waals surface area contributed by atoms with Gasteiger partial charge in [0.05, 0.1) is 6.42 Å². The molecule has 0 aliphatic heterocycles. The van der Waals surface area contributed by atoms with Crippen LogP contribution in [0.2, 0.25) is 0 Å². The van der Waals surface area contributed by atoms with E-state index >= 15 is 0 Å². The van der Waals surface area contributed by atoms with Crippen LogP contribution in [0.5, 0.6) is 0 Å². The van der Waals surface area contributed by atoms with Gasteiger partial charge in [-0.25, -0.2) is 4.79 Å². The second-order valence-corrected chi connectivity index (χ2v) is 3.94. The molecule has 7 nitrogen and oxygen atoms in total. The van der Waals surface area contributed by atoms with E-state index in [1.54, 1.807) is 6.92 Å². The van der Waals surface area contributed by atoms with Crippen molar-refractivity contribution in [1.29, 1.82) is 0 Å². The summed E-state index contributed by atoms with van der Waals surface area (Å²) in [5, 5.41) is 28.0. The predicted octanol–water partition coefficient (Wildman–Crippen LogP) is 0.186. The van der Waals surface area contributed by atoms with Crippen molar-refractivity contribution in [3.8, 4) is 0 Å². The molecule has 1 heterocycles. The van der Waals surface area contributed by atoms with Crippen LogP contribution in [0.15, 0.2) is 0 Å². The first-order valence-electron chi connectivity index (χ1n) is 4.00. The number of aryl methyl sites for hydroxylation is 1. The lowest BCUT2D eigenvalue weighted by molar-refractivity contribution is -0.144. The molecule has 0 saturated carbocycles. The number of anilines is 1. The zero-order valence-electron chi connectivity index (χ0n) is 7.80. The summed E-state index contributed by atoms with van der Waals surface area (Å²) in [6.07, 6.45) is -0.506. The molecule has 0 aliphatic rings. The predicted molar refractivity (Wildman–Crippen MR) is 51.9 cm³/mol. The van der Waals surface area contributed by atoms with Gasteiger partial charge in [-0.1, -0.05) is 11.3 Å². The molecule has 1 atom stereocenters. The SMILES string of the molecule is Cc1nnc(NC(CC(=O)O)C(=O)O)s1. The number of carboxylic acids is 2. The van der Waals surface area contributed by atoms with Crippen molar-refractivity contribution in [2.24, 2.45) is 0 Å². The fourth-order valence-electron chi connectivity index (χ4n) is 0.879. The van der Waals surface area contributed by atoms with Gasteiger partial charge in [0.15, 0.2) is 0 Å². The number of carbonyl (C=O) groups is 2. The summed E-state index contributed by atoms with van der Waals surface area (Å²) in [7, 11) is 0. The topological polar surface area (TPSA) is 112 Å². The van der Waals surface area contributed by atoms with Crippen LogP contribution in [0.4, 0.5) is 5.13 Å².